The second kappa shape index (κ2) is 3.37. The van der Waals surface area contributed by atoms with E-state index in [0.717, 1.165) is 0 Å². The Morgan fingerprint density at radius 3 is 2.60 bits per heavy atom. The Kier molecular flexibility index (Phi) is 1.66. The lowest BCUT2D eigenvalue weighted by Crippen LogP contribution is -1.98. The van der Waals surface area contributed by atoms with Gasteiger partial charge < -0.3 is 0 Å². The second-order valence-electron chi connectivity index (χ2n) is 1.79. The molecule has 1 aromatic carbocycles. The molecule has 1 nitrogen and oxygen atoms in total. The Balaban J connectivity index is 2.94. The van der Waals surface area contributed by atoms with E-state index in [4.69, 9.17) is 14.3 Å². The van der Waals surface area contributed by atoms with Gasteiger partial charge >= 0.3 is 0 Å². The van der Waals surface area contributed by atoms with Crippen molar-refractivity contribution in [1.29, 1.82) is 0 Å². The van der Waals surface area contributed by atoms with E-state index in [2.05, 4.69) is 0 Å². The molecule has 0 spiro atoms. The molecule has 1 aromatic rings. The number of ketones is 1. The Hall–Kier alpha value is -0.820. The van der Waals surface area contributed by atoms with E-state index in [-0.39, 0.29) is 5.56 Å². The van der Waals surface area contributed by atoms with Crippen LogP contribution in [0.3, 0.4) is 0 Å². The fourth-order valence-corrected chi connectivity index (χ4v) is 0.753. The molecule has 52 valence electrons. The molecule has 0 N–H and O–H groups in total. The Morgan fingerprint density at radius 1 is 1.50 bits per heavy atom. The third kappa shape index (κ3) is 1.58. The van der Waals surface area contributed by atoms with Crippen molar-refractivity contribution in [1.82, 2.24) is 0 Å². The number of hydrogen-bond acceptors (Lipinski definition) is 1. The molecule has 0 aliphatic heterocycles. The highest BCUT2D eigenvalue weighted by atomic mass is 35.5. The van der Waals surface area contributed by atoms with Crippen LogP contribution in [0.5, 0.6) is 0 Å². The van der Waals surface area contributed by atoms with Crippen molar-refractivity contribution in [3.63, 3.8) is 0 Å². The molecule has 0 amide bonds. The quantitative estimate of drug-likeness (QED) is 0.474. The lowest BCUT2D eigenvalue weighted by molar-refractivity contribution is 0.102. The van der Waals surface area contributed by atoms with Gasteiger partial charge in [0.25, 0.3) is 0 Å². The second-order valence-corrected chi connectivity index (χ2v) is 1.98. The largest absolute Gasteiger partial charge is 0.293 e. The Morgan fingerprint density at radius 2 is 2.10 bits per heavy atom. The zero-order valence-electron chi connectivity index (χ0n) is 7.17. The standard InChI is InChI=1S/C8H7ClO/c9-6-8(10)7-4-2-1-3-5-7/h1-5H,6H2/i6D2. The maximum atomic E-state index is 11.2. The summed E-state index contributed by atoms with van der Waals surface area (Å²) in [5.74, 6) is -3.01. The number of carbonyl (C=O) groups is 1. The molecule has 0 bridgehead atoms. The normalized spacial score (nSPS) is 13.7. The van der Waals surface area contributed by atoms with Crippen molar-refractivity contribution in [2.45, 2.75) is 0 Å². The van der Waals surface area contributed by atoms with Crippen LogP contribution in [0.4, 0.5) is 0 Å². The zero-order chi connectivity index (χ0) is 9.19. The van der Waals surface area contributed by atoms with Crippen molar-refractivity contribution in [3.8, 4) is 0 Å². The molecule has 1 rings (SSSR count). The SMILES string of the molecule is [2H]C([2H])(Cl)C(=O)c1ccccc1. The first-order chi connectivity index (χ1) is 5.52. The first kappa shape index (κ1) is 4.91. The van der Waals surface area contributed by atoms with Gasteiger partial charge in [-0.1, -0.05) is 30.3 Å². The van der Waals surface area contributed by atoms with Gasteiger partial charge in [0.05, 0.1) is 8.57 Å². The third-order valence-electron chi connectivity index (χ3n) is 1.12. The predicted molar refractivity (Wildman–Crippen MR) is 41.5 cm³/mol. The molecule has 0 atom stereocenters. The average Bonchev–Trinajstić information content (AvgIpc) is 2.03. The zero-order valence-corrected chi connectivity index (χ0v) is 5.93. The van der Waals surface area contributed by atoms with Crippen molar-refractivity contribution in [2.75, 3.05) is 5.83 Å². The monoisotopic (exact) mass is 156 g/mol. The highest BCUT2D eigenvalue weighted by Gasteiger charge is 1.99. The molecule has 0 aliphatic rings. The fraction of sp³-hybridized carbons (Fsp3) is 0.125. The molecule has 2 heteroatoms. The van der Waals surface area contributed by atoms with Crippen LogP contribution < -0.4 is 0 Å². The summed E-state index contributed by atoms with van der Waals surface area (Å²) in [6, 6.07) is 8.14. The maximum Gasteiger partial charge on any atom is 0.177 e. The molecule has 0 saturated heterocycles. The minimum absolute atomic E-state index is 0.289. The smallest absolute Gasteiger partial charge is 0.177 e. The molecule has 0 radical (unpaired) electrons. The van der Waals surface area contributed by atoms with Crippen LogP contribution >= 0.6 is 11.6 Å². The van der Waals surface area contributed by atoms with Crippen LogP contribution in [0, 0.1) is 0 Å². The third-order valence-corrected chi connectivity index (χ3v) is 1.29. The van der Waals surface area contributed by atoms with Crippen LogP contribution in [0.1, 0.15) is 13.1 Å². The van der Waals surface area contributed by atoms with Gasteiger partial charge in [-0.2, -0.15) is 0 Å². The molecule has 0 unspecified atom stereocenters. The van der Waals surface area contributed by atoms with Crippen LogP contribution in [0.25, 0.3) is 0 Å². The number of halogens is 1. The maximum absolute atomic E-state index is 11.2. The fourth-order valence-electron chi connectivity index (χ4n) is 0.644. The Bertz CT molecular complexity index is 279. The van der Waals surface area contributed by atoms with Gasteiger partial charge in [-0.3, -0.25) is 4.79 Å². The molecule has 0 fully saturated rings. The van der Waals surface area contributed by atoms with Gasteiger partial charge in [0, 0.05) is 5.56 Å². The van der Waals surface area contributed by atoms with Gasteiger partial charge in [0.2, 0.25) is 0 Å². The molecule has 0 saturated carbocycles. The number of hydrogen-bond donors (Lipinski definition) is 0. The first-order valence-electron chi connectivity index (χ1n) is 3.80. The average molecular weight is 157 g/mol. The van der Waals surface area contributed by atoms with Crippen molar-refractivity contribution in [3.05, 3.63) is 35.9 Å². The van der Waals surface area contributed by atoms with E-state index < -0.39 is 11.6 Å². The van der Waals surface area contributed by atoms with E-state index >= 15 is 0 Å². The minimum Gasteiger partial charge on any atom is -0.293 e. The molecule has 0 aliphatic carbocycles. The number of Topliss-reactive ketones (excluding diaryl/α,β-unsaturated/α-hetero) is 1. The van der Waals surface area contributed by atoms with Crippen molar-refractivity contribution < 1.29 is 7.54 Å². The van der Waals surface area contributed by atoms with Crippen LogP contribution in [-0.2, 0) is 0 Å². The molecule has 10 heavy (non-hydrogen) atoms. The molecular weight excluding hydrogens is 148 g/mol. The number of alkyl halides is 1. The lowest BCUT2D eigenvalue weighted by Gasteiger charge is -1.92. The van der Waals surface area contributed by atoms with E-state index in [1.807, 2.05) is 0 Å². The van der Waals surface area contributed by atoms with Crippen LogP contribution in [0.15, 0.2) is 30.3 Å². The Labute approximate surface area is 67.4 Å². The van der Waals surface area contributed by atoms with Crippen LogP contribution in [0.2, 0.25) is 0 Å². The van der Waals surface area contributed by atoms with Gasteiger partial charge in [0.15, 0.2) is 5.78 Å². The van der Waals surface area contributed by atoms with Gasteiger partial charge in [-0.15, -0.1) is 11.6 Å². The van der Waals surface area contributed by atoms with Crippen molar-refractivity contribution >= 4 is 17.4 Å². The summed E-state index contributed by atoms with van der Waals surface area (Å²) in [6.07, 6.45) is 0. The number of benzene rings is 1. The summed E-state index contributed by atoms with van der Waals surface area (Å²) in [5, 5.41) is 0. The number of carbonyl (C=O) groups excluding carboxylic acids is 1. The summed E-state index contributed by atoms with van der Waals surface area (Å²) in [4.78, 5) is 11.2. The van der Waals surface area contributed by atoms with E-state index in [0.29, 0.717) is 0 Å². The van der Waals surface area contributed by atoms with Gasteiger partial charge in [-0.25, -0.2) is 0 Å². The highest BCUT2D eigenvalue weighted by molar-refractivity contribution is 6.30. The van der Waals surface area contributed by atoms with Crippen molar-refractivity contribution in [2.24, 2.45) is 0 Å². The van der Waals surface area contributed by atoms with E-state index in [1.165, 1.54) is 12.1 Å². The minimum atomic E-state index is -2.30. The highest BCUT2D eigenvalue weighted by Crippen LogP contribution is 2.00. The predicted octanol–water partition coefficient (Wildman–Crippen LogP) is 2.11. The van der Waals surface area contributed by atoms with Crippen LogP contribution in [-0.4, -0.2) is 11.6 Å². The first-order valence-corrected chi connectivity index (χ1v) is 3.18. The molecular formula is C8H7ClO. The van der Waals surface area contributed by atoms with Gasteiger partial charge in [-0.05, 0) is 0 Å². The van der Waals surface area contributed by atoms with E-state index in [1.54, 1.807) is 18.2 Å². The topological polar surface area (TPSA) is 17.1 Å². The summed E-state index contributed by atoms with van der Waals surface area (Å²) in [7, 11) is 0. The number of rotatable bonds is 2. The summed E-state index contributed by atoms with van der Waals surface area (Å²) in [5.41, 5.74) is 0.289. The summed E-state index contributed by atoms with van der Waals surface area (Å²) >= 11 is 5.20. The summed E-state index contributed by atoms with van der Waals surface area (Å²) in [6.45, 7) is 0. The summed E-state index contributed by atoms with van der Waals surface area (Å²) < 4.78 is 13.9. The lowest BCUT2D eigenvalue weighted by atomic mass is 10.2. The van der Waals surface area contributed by atoms with E-state index in [9.17, 15) is 4.79 Å². The molecule has 0 heterocycles. The van der Waals surface area contributed by atoms with Gasteiger partial charge in [0.1, 0.15) is 0 Å². The molecule has 0 aromatic heterocycles.